The molecule has 0 aliphatic rings. The van der Waals surface area contributed by atoms with Crippen LogP contribution in [0.25, 0.3) is 0 Å². The summed E-state index contributed by atoms with van der Waals surface area (Å²) in [5.41, 5.74) is 0. The Bertz CT molecular complexity index is 427. The summed E-state index contributed by atoms with van der Waals surface area (Å²) in [6.07, 6.45) is 0.235. The minimum atomic E-state index is -0.441. The molecule has 0 rings (SSSR count). The summed E-state index contributed by atoms with van der Waals surface area (Å²) in [5.74, 6) is -1.66. The predicted octanol–water partition coefficient (Wildman–Crippen LogP) is -0.937. The second-order valence-corrected chi connectivity index (χ2v) is 5.36. The van der Waals surface area contributed by atoms with Crippen molar-refractivity contribution < 1.29 is 38.1 Å². The summed E-state index contributed by atoms with van der Waals surface area (Å²) in [6.45, 7) is 1.34. The maximum absolute atomic E-state index is 11.5. The number of carbonyl (C=O) groups excluding carboxylic acids is 4. The normalized spacial score (nSPS) is 10.5. The highest BCUT2D eigenvalue weighted by molar-refractivity contribution is 5.72. The number of hydrogen-bond donors (Lipinski definition) is 0. The SMILES string of the molecule is COC(=O)CCN(CCN(CCC(=O)OC)CC(=O)OC)CC(=O)OC. The maximum Gasteiger partial charge on any atom is 0.319 e. The molecule has 0 aromatic carbocycles. The van der Waals surface area contributed by atoms with E-state index < -0.39 is 23.9 Å². The van der Waals surface area contributed by atoms with E-state index in [-0.39, 0.29) is 25.9 Å². The van der Waals surface area contributed by atoms with Crippen molar-refractivity contribution in [2.24, 2.45) is 0 Å². The number of methoxy groups -OCH3 is 4. The number of carbonyl (C=O) groups is 4. The molecule has 0 spiro atoms. The molecule has 0 heterocycles. The molecule has 0 N–H and O–H groups in total. The molecule has 10 heteroatoms. The van der Waals surface area contributed by atoms with Crippen LogP contribution in [0, 0.1) is 0 Å². The fourth-order valence-corrected chi connectivity index (χ4v) is 2.02. The van der Waals surface area contributed by atoms with Crippen molar-refractivity contribution in [2.45, 2.75) is 12.8 Å². The minimum Gasteiger partial charge on any atom is -0.469 e. The van der Waals surface area contributed by atoms with Crippen molar-refractivity contribution in [1.82, 2.24) is 9.80 Å². The summed E-state index contributed by atoms with van der Waals surface area (Å²) in [6, 6.07) is 0. The van der Waals surface area contributed by atoms with Gasteiger partial charge in [0, 0.05) is 26.2 Å². The lowest BCUT2D eigenvalue weighted by atomic mass is 10.3. The van der Waals surface area contributed by atoms with Gasteiger partial charge in [-0.25, -0.2) is 0 Å². The van der Waals surface area contributed by atoms with Crippen LogP contribution in [0.15, 0.2) is 0 Å². The van der Waals surface area contributed by atoms with Crippen LogP contribution in [0.4, 0.5) is 0 Å². The van der Waals surface area contributed by atoms with Crippen molar-refractivity contribution >= 4 is 23.9 Å². The van der Waals surface area contributed by atoms with Gasteiger partial charge in [0.25, 0.3) is 0 Å². The van der Waals surface area contributed by atoms with Crippen molar-refractivity contribution in [3.8, 4) is 0 Å². The Morgan fingerprint density at radius 2 is 0.846 bits per heavy atom. The van der Waals surface area contributed by atoms with E-state index in [1.54, 1.807) is 9.80 Å². The van der Waals surface area contributed by atoms with E-state index in [1.165, 1.54) is 28.4 Å². The van der Waals surface area contributed by atoms with Crippen LogP contribution >= 0.6 is 0 Å². The highest BCUT2D eigenvalue weighted by Gasteiger charge is 2.17. The first kappa shape index (κ1) is 23.8. The minimum absolute atomic E-state index is 0.00341. The lowest BCUT2D eigenvalue weighted by Gasteiger charge is -2.26. The first-order valence-corrected chi connectivity index (χ1v) is 8.08. The van der Waals surface area contributed by atoms with E-state index in [0.29, 0.717) is 26.2 Å². The fraction of sp³-hybridized carbons (Fsp3) is 0.750. The third-order valence-corrected chi connectivity index (χ3v) is 3.61. The van der Waals surface area contributed by atoms with Crippen LogP contribution in [0.1, 0.15) is 12.8 Å². The lowest BCUT2D eigenvalue weighted by molar-refractivity contribution is -0.145. The van der Waals surface area contributed by atoms with Crippen molar-refractivity contribution in [3.63, 3.8) is 0 Å². The molecule has 0 aliphatic carbocycles. The van der Waals surface area contributed by atoms with Gasteiger partial charge in [0.15, 0.2) is 0 Å². The molecule has 150 valence electrons. The maximum atomic E-state index is 11.5. The monoisotopic (exact) mass is 376 g/mol. The highest BCUT2D eigenvalue weighted by Crippen LogP contribution is 2.00. The predicted molar refractivity (Wildman–Crippen MR) is 90.2 cm³/mol. The molecule has 0 bridgehead atoms. The Morgan fingerprint density at radius 3 is 1.12 bits per heavy atom. The largest absolute Gasteiger partial charge is 0.469 e. The highest BCUT2D eigenvalue weighted by atomic mass is 16.5. The first-order valence-electron chi connectivity index (χ1n) is 8.08. The van der Waals surface area contributed by atoms with Gasteiger partial charge in [-0.3, -0.25) is 29.0 Å². The number of hydrogen-bond acceptors (Lipinski definition) is 10. The molecule has 0 unspecified atom stereocenters. The lowest BCUT2D eigenvalue weighted by Crippen LogP contribution is -2.41. The molecule has 0 amide bonds. The van der Waals surface area contributed by atoms with Crippen LogP contribution < -0.4 is 0 Å². The van der Waals surface area contributed by atoms with E-state index in [0.717, 1.165) is 0 Å². The number of nitrogens with zero attached hydrogens (tertiary/aromatic N) is 2. The molecule has 26 heavy (non-hydrogen) atoms. The second-order valence-electron chi connectivity index (χ2n) is 5.36. The summed E-state index contributed by atoms with van der Waals surface area (Å²) in [7, 11) is 5.14. The Hall–Kier alpha value is -2.20. The molecular weight excluding hydrogens is 348 g/mol. The average molecular weight is 376 g/mol. The number of ether oxygens (including phenoxy) is 4. The van der Waals surface area contributed by atoms with E-state index in [4.69, 9.17) is 0 Å². The molecule has 0 fully saturated rings. The van der Waals surface area contributed by atoms with E-state index in [1.807, 2.05) is 0 Å². The van der Waals surface area contributed by atoms with Crippen molar-refractivity contribution in [3.05, 3.63) is 0 Å². The zero-order chi connectivity index (χ0) is 19.9. The second kappa shape index (κ2) is 14.0. The van der Waals surface area contributed by atoms with Gasteiger partial charge in [-0.15, -0.1) is 0 Å². The quantitative estimate of drug-likeness (QED) is 0.295. The summed E-state index contributed by atoms with van der Waals surface area (Å²) in [4.78, 5) is 49.1. The van der Waals surface area contributed by atoms with Gasteiger partial charge >= 0.3 is 23.9 Å². The van der Waals surface area contributed by atoms with Crippen LogP contribution in [0.3, 0.4) is 0 Å². The molecule has 10 nitrogen and oxygen atoms in total. The molecule has 0 saturated carbocycles. The number of esters is 4. The third kappa shape index (κ3) is 11.4. The molecule has 0 radical (unpaired) electrons. The number of rotatable bonds is 13. The van der Waals surface area contributed by atoms with E-state index in [9.17, 15) is 19.2 Å². The molecule has 0 saturated heterocycles. The molecule has 0 aromatic heterocycles. The zero-order valence-electron chi connectivity index (χ0n) is 15.8. The molecule has 0 aromatic rings. The third-order valence-electron chi connectivity index (χ3n) is 3.61. The average Bonchev–Trinajstić information content (AvgIpc) is 2.66. The van der Waals surface area contributed by atoms with E-state index in [2.05, 4.69) is 18.9 Å². The van der Waals surface area contributed by atoms with Crippen molar-refractivity contribution in [1.29, 1.82) is 0 Å². The van der Waals surface area contributed by atoms with Crippen LogP contribution in [-0.4, -0.2) is 101 Å². The topological polar surface area (TPSA) is 112 Å². The molecule has 0 atom stereocenters. The van der Waals surface area contributed by atoms with Gasteiger partial charge < -0.3 is 18.9 Å². The summed E-state index contributed by atoms with van der Waals surface area (Å²) >= 11 is 0. The summed E-state index contributed by atoms with van der Waals surface area (Å²) in [5, 5.41) is 0. The Labute approximate surface area is 153 Å². The first-order chi connectivity index (χ1) is 12.4. The van der Waals surface area contributed by atoms with Crippen molar-refractivity contribution in [2.75, 3.05) is 67.7 Å². The smallest absolute Gasteiger partial charge is 0.319 e. The molecular formula is C16H28N2O8. The van der Waals surface area contributed by atoms with Crippen LogP contribution in [-0.2, 0) is 38.1 Å². The summed E-state index contributed by atoms with van der Waals surface area (Å²) < 4.78 is 18.5. The van der Waals surface area contributed by atoms with Gasteiger partial charge in [0.1, 0.15) is 0 Å². The van der Waals surface area contributed by atoms with Crippen LogP contribution in [0.2, 0.25) is 0 Å². The van der Waals surface area contributed by atoms with Gasteiger partial charge in [-0.05, 0) is 0 Å². The van der Waals surface area contributed by atoms with Gasteiger partial charge in [0.05, 0.1) is 54.4 Å². The van der Waals surface area contributed by atoms with E-state index >= 15 is 0 Å². The Kier molecular flexibility index (Phi) is 12.8. The van der Waals surface area contributed by atoms with Gasteiger partial charge in [-0.2, -0.15) is 0 Å². The molecule has 0 aliphatic heterocycles. The Balaban J connectivity index is 4.74. The van der Waals surface area contributed by atoms with Gasteiger partial charge in [0.2, 0.25) is 0 Å². The van der Waals surface area contributed by atoms with Gasteiger partial charge in [-0.1, -0.05) is 0 Å². The van der Waals surface area contributed by atoms with Crippen LogP contribution in [0.5, 0.6) is 0 Å². The fourth-order valence-electron chi connectivity index (χ4n) is 2.02. The standard InChI is InChI=1S/C16H28N2O8/c1-23-13(19)5-7-17(11-15(21)25-3)9-10-18(12-16(22)26-4)8-6-14(20)24-2/h5-12H2,1-4H3. The Morgan fingerprint density at radius 1 is 0.538 bits per heavy atom. The zero-order valence-corrected chi connectivity index (χ0v) is 15.8.